The average molecular weight is 276 g/mol. The first-order chi connectivity index (χ1) is 9.54. The van der Waals surface area contributed by atoms with Crippen molar-refractivity contribution in [1.29, 1.82) is 0 Å². The summed E-state index contributed by atoms with van der Waals surface area (Å²) in [5.41, 5.74) is 2.14. The molecule has 1 N–H and O–H groups in total. The van der Waals surface area contributed by atoms with Crippen LogP contribution in [0.1, 0.15) is 35.3 Å². The van der Waals surface area contributed by atoms with Gasteiger partial charge in [-0.1, -0.05) is 6.07 Å². The molecule has 0 radical (unpaired) electrons. The Hall–Kier alpha value is -1.94. The maximum Gasteiger partial charge on any atom is 0.128 e. The van der Waals surface area contributed by atoms with Crippen molar-refractivity contribution < 1.29 is 18.6 Å². The summed E-state index contributed by atoms with van der Waals surface area (Å²) in [7, 11) is 0. The van der Waals surface area contributed by atoms with Crippen molar-refractivity contribution in [2.24, 2.45) is 0 Å². The predicted octanol–water partition coefficient (Wildman–Crippen LogP) is 3.83. The van der Waals surface area contributed by atoms with Gasteiger partial charge in [0.05, 0.1) is 6.10 Å². The number of benzene rings is 2. The summed E-state index contributed by atoms with van der Waals surface area (Å²) in [6, 6.07) is 8.53. The standard InChI is InChI=1S/C16H14F2O2/c1-9-6-10(17)2-4-12(9)16-8-14(19)13-5-3-11(18)7-15(13)20-16/h2-7,14,16,19H,8H2,1H3/t14-,16?/m0/s1. The first-order valence-corrected chi connectivity index (χ1v) is 6.45. The second-order valence-electron chi connectivity index (χ2n) is 5.04. The average Bonchev–Trinajstić information content (AvgIpc) is 2.37. The molecule has 0 bridgehead atoms. The Morgan fingerprint density at radius 2 is 1.70 bits per heavy atom. The monoisotopic (exact) mass is 276 g/mol. The largest absolute Gasteiger partial charge is 0.485 e. The predicted molar refractivity (Wildman–Crippen MR) is 70.5 cm³/mol. The van der Waals surface area contributed by atoms with Gasteiger partial charge in [-0.15, -0.1) is 0 Å². The minimum atomic E-state index is -0.714. The van der Waals surface area contributed by atoms with Crippen LogP contribution in [0.25, 0.3) is 0 Å². The Bertz CT molecular complexity index is 655. The molecule has 104 valence electrons. The third-order valence-corrected chi connectivity index (χ3v) is 3.62. The minimum Gasteiger partial charge on any atom is -0.485 e. The number of aryl methyl sites for hydroxylation is 1. The molecule has 2 atom stereocenters. The quantitative estimate of drug-likeness (QED) is 0.857. The van der Waals surface area contributed by atoms with E-state index < -0.39 is 18.0 Å². The molecule has 3 rings (SSSR count). The van der Waals surface area contributed by atoms with Crippen LogP contribution in [0.5, 0.6) is 5.75 Å². The normalized spacial score (nSPS) is 21.2. The first-order valence-electron chi connectivity index (χ1n) is 6.45. The van der Waals surface area contributed by atoms with Gasteiger partial charge in [-0.2, -0.15) is 0 Å². The SMILES string of the molecule is Cc1cc(F)ccc1C1C[C@H](O)c2ccc(F)cc2O1. The fourth-order valence-electron chi connectivity index (χ4n) is 2.61. The van der Waals surface area contributed by atoms with E-state index in [0.29, 0.717) is 17.7 Å². The third-order valence-electron chi connectivity index (χ3n) is 3.62. The van der Waals surface area contributed by atoms with Gasteiger partial charge in [0.1, 0.15) is 23.5 Å². The molecule has 2 aromatic carbocycles. The van der Waals surface area contributed by atoms with Gasteiger partial charge in [0.2, 0.25) is 0 Å². The summed E-state index contributed by atoms with van der Waals surface area (Å²) in [5, 5.41) is 10.2. The lowest BCUT2D eigenvalue weighted by atomic mass is 9.93. The number of fused-ring (bicyclic) bond motifs is 1. The van der Waals surface area contributed by atoms with Crippen LogP contribution < -0.4 is 4.74 Å². The Balaban J connectivity index is 1.98. The Morgan fingerprint density at radius 3 is 2.40 bits per heavy atom. The highest BCUT2D eigenvalue weighted by molar-refractivity contribution is 5.40. The van der Waals surface area contributed by atoms with E-state index in [1.807, 2.05) is 0 Å². The van der Waals surface area contributed by atoms with Crippen molar-refractivity contribution in [2.45, 2.75) is 25.6 Å². The molecule has 0 fully saturated rings. The molecule has 1 heterocycles. The van der Waals surface area contributed by atoms with Crippen molar-refractivity contribution in [3.8, 4) is 5.75 Å². The van der Waals surface area contributed by atoms with E-state index in [9.17, 15) is 13.9 Å². The topological polar surface area (TPSA) is 29.5 Å². The van der Waals surface area contributed by atoms with Crippen LogP contribution in [-0.4, -0.2) is 5.11 Å². The number of hydrogen-bond donors (Lipinski definition) is 1. The lowest BCUT2D eigenvalue weighted by Gasteiger charge is -2.30. The van der Waals surface area contributed by atoms with Crippen molar-refractivity contribution in [3.05, 3.63) is 64.7 Å². The molecule has 1 aliphatic rings. The molecule has 4 heteroatoms. The summed E-state index contributed by atoms with van der Waals surface area (Å²) in [6.45, 7) is 1.79. The lowest BCUT2D eigenvalue weighted by molar-refractivity contribution is 0.0650. The zero-order chi connectivity index (χ0) is 14.3. The maximum atomic E-state index is 13.3. The summed E-state index contributed by atoms with van der Waals surface area (Å²) in [5.74, 6) is -0.376. The van der Waals surface area contributed by atoms with E-state index in [1.165, 1.54) is 30.3 Å². The van der Waals surface area contributed by atoms with Gasteiger partial charge in [0.25, 0.3) is 0 Å². The highest BCUT2D eigenvalue weighted by Crippen LogP contribution is 2.41. The van der Waals surface area contributed by atoms with Crippen LogP contribution in [-0.2, 0) is 0 Å². The smallest absolute Gasteiger partial charge is 0.128 e. The first kappa shape index (κ1) is 13.1. The molecule has 20 heavy (non-hydrogen) atoms. The van der Waals surface area contributed by atoms with Crippen LogP contribution in [0.15, 0.2) is 36.4 Å². The molecular weight excluding hydrogens is 262 g/mol. The molecule has 0 aromatic heterocycles. The van der Waals surface area contributed by atoms with Crippen molar-refractivity contribution in [1.82, 2.24) is 0 Å². The molecule has 2 nitrogen and oxygen atoms in total. The summed E-state index contributed by atoms with van der Waals surface area (Å²) < 4.78 is 32.2. The number of rotatable bonds is 1. The fraction of sp³-hybridized carbons (Fsp3) is 0.250. The number of aliphatic hydroxyl groups excluding tert-OH is 1. The maximum absolute atomic E-state index is 13.3. The highest BCUT2D eigenvalue weighted by Gasteiger charge is 2.29. The summed E-state index contributed by atoms with van der Waals surface area (Å²) in [6.07, 6.45) is -0.751. The lowest BCUT2D eigenvalue weighted by Crippen LogP contribution is -2.20. The van der Waals surface area contributed by atoms with E-state index in [4.69, 9.17) is 4.74 Å². The molecular formula is C16H14F2O2. The van der Waals surface area contributed by atoms with Crippen LogP contribution in [0, 0.1) is 18.6 Å². The molecule has 1 aliphatic heterocycles. The van der Waals surface area contributed by atoms with Crippen molar-refractivity contribution in [2.75, 3.05) is 0 Å². The Morgan fingerprint density at radius 1 is 1.05 bits per heavy atom. The zero-order valence-corrected chi connectivity index (χ0v) is 10.9. The zero-order valence-electron chi connectivity index (χ0n) is 10.9. The second-order valence-corrected chi connectivity index (χ2v) is 5.04. The number of ether oxygens (including phenoxy) is 1. The molecule has 0 saturated carbocycles. The Kier molecular flexibility index (Phi) is 3.18. The summed E-state index contributed by atoms with van der Waals surface area (Å²) in [4.78, 5) is 0. The number of halogens is 2. The van der Waals surface area contributed by atoms with E-state index in [-0.39, 0.29) is 5.82 Å². The van der Waals surface area contributed by atoms with E-state index in [2.05, 4.69) is 0 Å². The van der Waals surface area contributed by atoms with Gasteiger partial charge in [-0.05, 0) is 42.3 Å². The van der Waals surface area contributed by atoms with Crippen molar-refractivity contribution in [3.63, 3.8) is 0 Å². The van der Waals surface area contributed by atoms with Gasteiger partial charge in [0, 0.05) is 18.1 Å². The molecule has 1 unspecified atom stereocenters. The van der Waals surface area contributed by atoms with Crippen molar-refractivity contribution >= 4 is 0 Å². The van der Waals surface area contributed by atoms with Crippen LogP contribution >= 0.6 is 0 Å². The molecule has 0 saturated heterocycles. The van der Waals surface area contributed by atoms with Gasteiger partial charge in [0.15, 0.2) is 0 Å². The second kappa shape index (κ2) is 4.87. The molecule has 2 aromatic rings. The van der Waals surface area contributed by atoms with E-state index in [0.717, 1.165) is 11.1 Å². The van der Waals surface area contributed by atoms with Crippen LogP contribution in [0.2, 0.25) is 0 Å². The third kappa shape index (κ3) is 2.27. The van der Waals surface area contributed by atoms with Gasteiger partial charge < -0.3 is 9.84 Å². The van der Waals surface area contributed by atoms with Gasteiger partial charge in [-0.25, -0.2) is 8.78 Å². The Labute approximate surface area is 115 Å². The van der Waals surface area contributed by atoms with E-state index in [1.54, 1.807) is 13.0 Å². The highest BCUT2D eigenvalue weighted by atomic mass is 19.1. The summed E-state index contributed by atoms with van der Waals surface area (Å²) >= 11 is 0. The molecule has 0 spiro atoms. The fourth-order valence-corrected chi connectivity index (χ4v) is 2.61. The molecule has 0 amide bonds. The van der Waals surface area contributed by atoms with Gasteiger partial charge in [-0.3, -0.25) is 0 Å². The van der Waals surface area contributed by atoms with Crippen LogP contribution in [0.4, 0.5) is 8.78 Å². The van der Waals surface area contributed by atoms with E-state index >= 15 is 0 Å². The number of hydrogen-bond acceptors (Lipinski definition) is 2. The molecule has 0 aliphatic carbocycles. The van der Waals surface area contributed by atoms with Gasteiger partial charge >= 0.3 is 0 Å². The van der Waals surface area contributed by atoms with Crippen LogP contribution in [0.3, 0.4) is 0 Å². The minimum absolute atomic E-state index is 0.311. The number of aliphatic hydroxyl groups is 1.